The van der Waals surface area contributed by atoms with Crippen LogP contribution in [-0.2, 0) is 4.79 Å². The Hall–Kier alpha value is -1.86. The van der Waals surface area contributed by atoms with Gasteiger partial charge in [-0.1, -0.05) is 31.9 Å². The summed E-state index contributed by atoms with van der Waals surface area (Å²) in [6, 6.07) is 12.1. The SMILES string of the molecule is O=C(COc1ccc(Br)cc1)N/N=C\c1cc(Br)ccc1O. The van der Waals surface area contributed by atoms with Crippen molar-refractivity contribution in [3.8, 4) is 11.5 Å². The van der Waals surface area contributed by atoms with Gasteiger partial charge in [0.25, 0.3) is 5.91 Å². The number of nitrogens with zero attached hydrogens (tertiary/aromatic N) is 1. The van der Waals surface area contributed by atoms with Crippen molar-refractivity contribution in [1.29, 1.82) is 0 Å². The van der Waals surface area contributed by atoms with Gasteiger partial charge in [-0.3, -0.25) is 4.79 Å². The van der Waals surface area contributed by atoms with Gasteiger partial charge in [-0.25, -0.2) is 5.43 Å². The van der Waals surface area contributed by atoms with E-state index in [1.165, 1.54) is 12.3 Å². The van der Waals surface area contributed by atoms with E-state index in [0.29, 0.717) is 11.3 Å². The number of phenols is 1. The summed E-state index contributed by atoms with van der Waals surface area (Å²) in [4.78, 5) is 11.6. The zero-order valence-corrected chi connectivity index (χ0v) is 14.5. The highest BCUT2D eigenvalue weighted by atomic mass is 79.9. The van der Waals surface area contributed by atoms with Gasteiger partial charge < -0.3 is 9.84 Å². The Morgan fingerprint density at radius 2 is 1.86 bits per heavy atom. The molecule has 0 atom stereocenters. The molecule has 2 rings (SSSR count). The second-order valence-electron chi connectivity index (χ2n) is 4.24. The molecule has 2 aromatic rings. The predicted octanol–water partition coefficient (Wildman–Crippen LogP) is 3.45. The molecule has 0 aliphatic rings. The second-order valence-corrected chi connectivity index (χ2v) is 6.07. The van der Waals surface area contributed by atoms with Crippen molar-refractivity contribution < 1.29 is 14.6 Å². The van der Waals surface area contributed by atoms with E-state index in [4.69, 9.17) is 4.74 Å². The molecule has 5 nitrogen and oxygen atoms in total. The Morgan fingerprint density at radius 1 is 1.18 bits per heavy atom. The molecule has 0 spiro atoms. The molecular weight excluding hydrogens is 416 g/mol. The fourth-order valence-electron chi connectivity index (χ4n) is 1.51. The standard InChI is InChI=1S/C15H12Br2N2O3/c16-11-1-4-13(5-2-11)22-9-15(21)19-18-8-10-7-12(17)3-6-14(10)20/h1-8,20H,9H2,(H,19,21)/b18-8-. The number of ether oxygens (including phenoxy) is 1. The summed E-state index contributed by atoms with van der Waals surface area (Å²) in [6.07, 6.45) is 1.36. The van der Waals surface area contributed by atoms with Gasteiger partial charge in [-0.15, -0.1) is 0 Å². The molecule has 2 aromatic carbocycles. The molecule has 0 aromatic heterocycles. The molecule has 0 aliphatic carbocycles. The first-order valence-electron chi connectivity index (χ1n) is 6.23. The van der Waals surface area contributed by atoms with E-state index in [0.717, 1.165) is 8.95 Å². The Balaban J connectivity index is 1.83. The van der Waals surface area contributed by atoms with Crippen molar-refractivity contribution in [2.45, 2.75) is 0 Å². The van der Waals surface area contributed by atoms with Crippen molar-refractivity contribution in [2.75, 3.05) is 6.61 Å². The van der Waals surface area contributed by atoms with Crippen LogP contribution in [0.2, 0.25) is 0 Å². The number of hydrogen-bond acceptors (Lipinski definition) is 4. The Morgan fingerprint density at radius 3 is 2.59 bits per heavy atom. The molecule has 22 heavy (non-hydrogen) atoms. The summed E-state index contributed by atoms with van der Waals surface area (Å²) in [6.45, 7) is -0.149. The monoisotopic (exact) mass is 426 g/mol. The third kappa shape index (κ3) is 5.16. The molecule has 2 N–H and O–H groups in total. The fourth-order valence-corrected chi connectivity index (χ4v) is 2.16. The van der Waals surface area contributed by atoms with E-state index in [1.807, 2.05) is 12.1 Å². The van der Waals surface area contributed by atoms with E-state index >= 15 is 0 Å². The molecule has 7 heteroatoms. The molecule has 0 fully saturated rings. The largest absolute Gasteiger partial charge is 0.507 e. The van der Waals surface area contributed by atoms with Crippen LogP contribution in [0.4, 0.5) is 0 Å². The second kappa shape index (κ2) is 7.95. The number of aromatic hydroxyl groups is 1. The minimum atomic E-state index is -0.395. The zero-order chi connectivity index (χ0) is 15.9. The number of hydrogen-bond donors (Lipinski definition) is 2. The van der Waals surface area contributed by atoms with Crippen molar-refractivity contribution in [1.82, 2.24) is 5.43 Å². The van der Waals surface area contributed by atoms with Crippen molar-refractivity contribution >= 4 is 44.0 Å². The number of phenolic OH excluding ortho intramolecular Hbond substituents is 1. The lowest BCUT2D eigenvalue weighted by Crippen LogP contribution is -2.24. The molecule has 0 aliphatic heterocycles. The predicted molar refractivity (Wildman–Crippen MR) is 91.2 cm³/mol. The normalized spacial score (nSPS) is 10.6. The van der Waals surface area contributed by atoms with E-state index < -0.39 is 5.91 Å². The molecule has 0 saturated heterocycles. The number of hydrazone groups is 1. The minimum Gasteiger partial charge on any atom is -0.507 e. The third-order valence-electron chi connectivity index (χ3n) is 2.57. The number of halogens is 2. The van der Waals surface area contributed by atoms with Crippen LogP contribution in [0, 0.1) is 0 Å². The molecule has 0 saturated carbocycles. The van der Waals surface area contributed by atoms with Crippen LogP contribution in [0.25, 0.3) is 0 Å². The first-order valence-corrected chi connectivity index (χ1v) is 7.82. The van der Waals surface area contributed by atoms with Gasteiger partial charge in [0, 0.05) is 14.5 Å². The number of rotatable bonds is 5. The molecule has 0 bridgehead atoms. The molecule has 0 radical (unpaired) electrons. The van der Waals surface area contributed by atoms with Gasteiger partial charge in [-0.2, -0.15) is 5.10 Å². The van der Waals surface area contributed by atoms with Crippen molar-refractivity contribution in [3.05, 3.63) is 57.0 Å². The first kappa shape index (κ1) is 16.5. The topological polar surface area (TPSA) is 70.9 Å². The maximum Gasteiger partial charge on any atom is 0.277 e. The van der Waals surface area contributed by atoms with Gasteiger partial charge >= 0.3 is 0 Å². The summed E-state index contributed by atoms with van der Waals surface area (Å²) in [5, 5.41) is 13.4. The van der Waals surface area contributed by atoms with Gasteiger partial charge in [0.15, 0.2) is 6.61 Å². The maximum atomic E-state index is 11.6. The van der Waals surface area contributed by atoms with Crippen LogP contribution in [-0.4, -0.2) is 23.8 Å². The van der Waals surface area contributed by atoms with E-state index in [-0.39, 0.29) is 12.4 Å². The third-order valence-corrected chi connectivity index (χ3v) is 3.59. The summed E-state index contributed by atoms with van der Waals surface area (Å²) >= 11 is 6.60. The number of carbonyl (C=O) groups excluding carboxylic acids is 1. The van der Waals surface area contributed by atoms with E-state index in [1.54, 1.807) is 24.3 Å². The minimum absolute atomic E-state index is 0.0762. The van der Waals surface area contributed by atoms with E-state index in [2.05, 4.69) is 42.4 Å². The lowest BCUT2D eigenvalue weighted by molar-refractivity contribution is -0.123. The van der Waals surface area contributed by atoms with Crippen LogP contribution in [0.1, 0.15) is 5.56 Å². The van der Waals surface area contributed by atoms with Crippen molar-refractivity contribution in [2.24, 2.45) is 5.10 Å². The smallest absolute Gasteiger partial charge is 0.277 e. The Labute approximate surface area is 144 Å². The van der Waals surface area contributed by atoms with Gasteiger partial charge in [0.2, 0.25) is 0 Å². The number of nitrogens with one attached hydrogen (secondary N) is 1. The summed E-state index contributed by atoms with van der Waals surface area (Å²) in [5.74, 6) is 0.271. The summed E-state index contributed by atoms with van der Waals surface area (Å²) < 4.78 is 7.04. The van der Waals surface area contributed by atoms with Gasteiger partial charge in [0.05, 0.1) is 6.21 Å². The summed E-state index contributed by atoms with van der Waals surface area (Å²) in [5.41, 5.74) is 2.82. The highest BCUT2D eigenvalue weighted by Crippen LogP contribution is 2.20. The quantitative estimate of drug-likeness (QED) is 0.567. The Kier molecular flexibility index (Phi) is 5.97. The van der Waals surface area contributed by atoms with Crippen LogP contribution in [0.15, 0.2) is 56.5 Å². The van der Waals surface area contributed by atoms with Gasteiger partial charge in [0.1, 0.15) is 11.5 Å². The van der Waals surface area contributed by atoms with Crippen LogP contribution in [0.3, 0.4) is 0 Å². The van der Waals surface area contributed by atoms with Crippen LogP contribution < -0.4 is 10.2 Å². The Bertz CT molecular complexity index is 688. The number of benzene rings is 2. The van der Waals surface area contributed by atoms with Crippen LogP contribution >= 0.6 is 31.9 Å². The van der Waals surface area contributed by atoms with E-state index in [9.17, 15) is 9.90 Å². The molecular formula is C15H12Br2N2O3. The molecule has 0 unspecified atom stereocenters. The highest BCUT2D eigenvalue weighted by molar-refractivity contribution is 9.10. The van der Waals surface area contributed by atoms with Crippen LogP contribution in [0.5, 0.6) is 11.5 Å². The first-order chi connectivity index (χ1) is 10.5. The average molecular weight is 428 g/mol. The number of amides is 1. The highest BCUT2D eigenvalue weighted by Gasteiger charge is 2.02. The van der Waals surface area contributed by atoms with Gasteiger partial charge in [-0.05, 0) is 42.5 Å². The molecule has 114 valence electrons. The average Bonchev–Trinajstić information content (AvgIpc) is 2.50. The molecule has 0 heterocycles. The van der Waals surface area contributed by atoms with Crippen molar-refractivity contribution in [3.63, 3.8) is 0 Å². The lowest BCUT2D eigenvalue weighted by atomic mass is 10.2. The molecule has 1 amide bonds. The lowest BCUT2D eigenvalue weighted by Gasteiger charge is -2.05. The summed E-state index contributed by atoms with van der Waals surface area (Å²) in [7, 11) is 0. The zero-order valence-electron chi connectivity index (χ0n) is 11.3. The fraction of sp³-hybridized carbons (Fsp3) is 0.0667. The number of carbonyl (C=O) groups is 1. The maximum absolute atomic E-state index is 11.6.